The second kappa shape index (κ2) is 4.45. The first kappa shape index (κ1) is 11.7. The van der Waals surface area contributed by atoms with Crippen LogP contribution in [0.2, 0.25) is 0 Å². The summed E-state index contributed by atoms with van der Waals surface area (Å²) >= 11 is 0. The van der Waals surface area contributed by atoms with E-state index in [4.69, 9.17) is 4.74 Å². The summed E-state index contributed by atoms with van der Waals surface area (Å²) in [5, 5.41) is 9.54. The molecule has 1 saturated heterocycles. The quantitative estimate of drug-likeness (QED) is 0.544. The second-order valence-corrected chi connectivity index (χ2v) is 4.54. The standard InChI is InChI=1S/C12H22O2/c1-5-11(13)9(2)7-6-8-12(4)10(3)14-12/h6-7,9-11,13H,5,8H2,1-4H3/t9?,10-,11?,12-/m1/s1. The van der Waals surface area contributed by atoms with Gasteiger partial charge in [-0.2, -0.15) is 0 Å². The molecule has 0 aromatic carbocycles. The molecule has 1 fully saturated rings. The van der Waals surface area contributed by atoms with Gasteiger partial charge < -0.3 is 9.84 Å². The first-order valence-electron chi connectivity index (χ1n) is 5.52. The third-order valence-electron chi connectivity index (χ3n) is 3.24. The lowest BCUT2D eigenvalue weighted by Crippen LogP contribution is -2.14. The van der Waals surface area contributed by atoms with E-state index in [1.54, 1.807) is 0 Å². The van der Waals surface area contributed by atoms with Crippen molar-refractivity contribution in [2.45, 2.75) is 58.3 Å². The van der Waals surface area contributed by atoms with E-state index in [-0.39, 0.29) is 17.6 Å². The Morgan fingerprint density at radius 2 is 2.14 bits per heavy atom. The fourth-order valence-electron chi connectivity index (χ4n) is 1.60. The summed E-state index contributed by atoms with van der Waals surface area (Å²) in [6.45, 7) is 8.27. The highest BCUT2D eigenvalue weighted by Crippen LogP contribution is 2.39. The lowest BCUT2D eigenvalue weighted by atomic mass is 9.99. The van der Waals surface area contributed by atoms with Crippen LogP contribution in [0.5, 0.6) is 0 Å². The number of ether oxygens (including phenoxy) is 1. The molecule has 0 saturated carbocycles. The van der Waals surface area contributed by atoms with Gasteiger partial charge in [0.05, 0.1) is 17.8 Å². The van der Waals surface area contributed by atoms with Gasteiger partial charge in [-0.05, 0) is 32.6 Å². The van der Waals surface area contributed by atoms with Crippen LogP contribution in [-0.2, 0) is 4.74 Å². The third-order valence-corrected chi connectivity index (χ3v) is 3.24. The van der Waals surface area contributed by atoms with E-state index >= 15 is 0 Å². The maximum absolute atomic E-state index is 9.54. The van der Waals surface area contributed by atoms with Crippen molar-refractivity contribution < 1.29 is 9.84 Å². The molecule has 14 heavy (non-hydrogen) atoms. The highest BCUT2D eigenvalue weighted by atomic mass is 16.6. The van der Waals surface area contributed by atoms with Gasteiger partial charge in [-0.15, -0.1) is 0 Å². The molecule has 2 unspecified atom stereocenters. The molecule has 0 radical (unpaired) electrons. The molecule has 4 atom stereocenters. The molecule has 0 aromatic rings. The molecule has 1 aliphatic rings. The summed E-state index contributed by atoms with van der Waals surface area (Å²) in [6, 6.07) is 0. The van der Waals surface area contributed by atoms with Crippen LogP contribution < -0.4 is 0 Å². The summed E-state index contributed by atoms with van der Waals surface area (Å²) in [5.41, 5.74) is 0.0629. The Hall–Kier alpha value is -0.340. The molecule has 1 aliphatic heterocycles. The zero-order valence-corrected chi connectivity index (χ0v) is 9.66. The number of aliphatic hydroxyl groups is 1. The number of rotatable bonds is 5. The molecule has 0 bridgehead atoms. The van der Waals surface area contributed by atoms with Crippen LogP contribution in [-0.4, -0.2) is 22.9 Å². The summed E-state index contributed by atoms with van der Waals surface area (Å²) in [5.74, 6) is 0.248. The number of hydrogen-bond acceptors (Lipinski definition) is 2. The smallest absolute Gasteiger partial charge is 0.0951 e. The van der Waals surface area contributed by atoms with Crippen molar-refractivity contribution in [2.75, 3.05) is 0 Å². The van der Waals surface area contributed by atoms with Crippen molar-refractivity contribution in [1.82, 2.24) is 0 Å². The van der Waals surface area contributed by atoms with Gasteiger partial charge in [-0.25, -0.2) is 0 Å². The molecule has 1 N–H and O–H groups in total. The van der Waals surface area contributed by atoms with Crippen LogP contribution in [0.15, 0.2) is 12.2 Å². The Kier molecular flexibility index (Phi) is 3.73. The van der Waals surface area contributed by atoms with Crippen molar-refractivity contribution in [1.29, 1.82) is 0 Å². The van der Waals surface area contributed by atoms with E-state index in [1.807, 2.05) is 13.8 Å². The fraction of sp³-hybridized carbons (Fsp3) is 0.833. The van der Waals surface area contributed by atoms with E-state index in [0.717, 1.165) is 12.8 Å². The summed E-state index contributed by atoms with van der Waals surface area (Å²) in [4.78, 5) is 0. The minimum atomic E-state index is -0.211. The predicted octanol–water partition coefficient (Wildman–Crippen LogP) is 2.52. The molecule has 0 aliphatic carbocycles. The topological polar surface area (TPSA) is 32.8 Å². The zero-order chi connectivity index (χ0) is 10.8. The maximum atomic E-state index is 9.54. The highest BCUT2D eigenvalue weighted by molar-refractivity contribution is 5.03. The van der Waals surface area contributed by atoms with E-state index in [9.17, 15) is 5.11 Å². The average molecular weight is 198 g/mol. The number of epoxide rings is 1. The number of aliphatic hydroxyl groups excluding tert-OH is 1. The first-order chi connectivity index (χ1) is 6.49. The van der Waals surface area contributed by atoms with Crippen LogP contribution in [0, 0.1) is 5.92 Å². The minimum absolute atomic E-state index is 0.0629. The second-order valence-electron chi connectivity index (χ2n) is 4.54. The van der Waals surface area contributed by atoms with E-state index in [1.165, 1.54) is 0 Å². The zero-order valence-electron chi connectivity index (χ0n) is 9.66. The predicted molar refractivity (Wildman–Crippen MR) is 58.2 cm³/mol. The summed E-state index contributed by atoms with van der Waals surface area (Å²) in [6.07, 6.45) is 6.17. The Bertz CT molecular complexity index is 212. The first-order valence-corrected chi connectivity index (χ1v) is 5.52. The average Bonchev–Trinajstić information content (AvgIpc) is 2.73. The van der Waals surface area contributed by atoms with Crippen LogP contribution in [0.25, 0.3) is 0 Å². The number of hydrogen-bond donors (Lipinski definition) is 1. The van der Waals surface area contributed by atoms with Gasteiger partial charge in [-0.3, -0.25) is 0 Å². The van der Waals surface area contributed by atoms with Crippen molar-refractivity contribution in [3.63, 3.8) is 0 Å². The van der Waals surface area contributed by atoms with Crippen molar-refractivity contribution >= 4 is 0 Å². The Morgan fingerprint density at radius 3 is 2.57 bits per heavy atom. The van der Waals surface area contributed by atoms with Gasteiger partial charge in [0.2, 0.25) is 0 Å². The molecule has 1 heterocycles. The molecule has 82 valence electrons. The summed E-state index contributed by atoms with van der Waals surface area (Å²) in [7, 11) is 0. The molecule has 2 nitrogen and oxygen atoms in total. The van der Waals surface area contributed by atoms with Crippen LogP contribution in [0.1, 0.15) is 40.5 Å². The third kappa shape index (κ3) is 2.82. The molecular formula is C12H22O2. The van der Waals surface area contributed by atoms with E-state index in [0.29, 0.717) is 6.10 Å². The van der Waals surface area contributed by atoms with Gasteiger partial charge in [0.25, 0.3) is 0 Å². The monoisotopic (exact) mass is 198 g/mol. The SMILES string of the molecule is CCC(O)C(C)C=CC[C@@]1(C)O[C@@H]1C. The molecular weight excluding hydrogens is 176 g/mol. The summed E-state index contributed by atoms with van der Waals surface area (Å²) < 4.78 is 5.46. The van der Waals surface area contributed by atoms with Crippen LogP contribution >= 0.6 is 0 Å². The van der Waals surface area contributed by atoms with Crippen LogP contribution in [0.4, 0.5) is 0 Å². The molecule has 0 aromatic heterocycles. The molecule has 2 heteroatoms. The van der Waals surface area contributed by atoms with Crippen LogP contribution in [0.3, 0.4) is 0 Å². The van der Waals surface area contributed by atoms with Gasteiger partial charge in [-0.1, -0.05) is 26.0 Å². The largest absolute Gasteiger partial charge is 0.393 e. The van der Waals surface area contributed by atoms with Crippen molar-refractivity contribution in [3.8, 4) is 0 Å². The molecule has 1 rings (SSSR count). The normalized spacial score (nSPS) is 35.9. The Balaban J connectivity index is 2.27. The Morgan fingerprint density at radius 1 is 1.57 bits per heavy atom. The molecule has 0 spiro atoms. The Labute approximate surface area is 87.0 Å². The minimum Gasteiger partial charge on any atom is -0.393 e. The molecule has 0 amide bonds. The van der Waals surface area contributed by atoms with Gasteiger partial charge in [0.15, 0.2) is 0 Å². The maximum Gasteiger partial charge on any atom is 0.0951 e. The lowest BCUT2D eigenvalue weighted by Gasteiger charge is -2.12. The van der Waals surface area contributed by atoms with Gasteiger partial charge in [0.1, 0.15) is 0 Å². The van der Waals surface area contributed by atoms with Gasteiger partial charge >= 0.3 is 0 Å². The lowest BCUT2D eigenvalue weighted by molar-refractivity contribution is 0.133. The highest BCUT2D eigenvalue weighted by Gasteiger charge is 2.47. The van der Waals surface area contributed by atoms with Crippen molar-refractivity contribution in [2.24, 2.45) is 5.92 Å². The van der Waals surface area contributed by atoms with Gasteiger partial charge in [0, 0.05) is 0 Å². The fourth-order valence-corrected chi connectivity index (χ4v) is 1.60. The van der Waals surface area contributed by atoms with E-state index < -0.39 is 0 Å². The van der Waals surface area contributed by atoms with Crippen molar-refractivity contribution in [3.05, 3.63) is 12.2 Å². The van der Waals surface area contributed by atoms with E-state index in [2.05, 4.69) is 26.0 Å².